The van der Waals surface area contributed by atoms with Crippen molar-refractivity contribution in [3.63, 3.8) is 0 Å². The average Bonchev–Trinajstić information content (AvgIpc) is 2.15. The first kappa shape index (κ1) is 12.9. The Morgan fingerprint density at radius 3 is 2.79 bits per heavy atom. The van der Waals surface area contributed by atoms with Gasteiger partial charge in [0.05, 0.1) is 0 Å². The SMILES string of the molecule is C=C/C=C\CCCC(CC)OC(C)=O. The Kier molecular flexibility index (Phi) is 7.90. The topological polar surface area (TPSA) is 26.3 Å². The van der Waals surface area contributed by atoms with E-state index in [2.05, 4.69) is 12.7 Å². The van der Waals surface area contributed by atoms with Crippen LogP contribution < -0.4 is 0 Å². The van der Waals surface area contributed by atoms with Crippen molar-refractivity contribution < 1.29 is 9.53 Å². The van der Waals surface area contributed by atoms with E-state index in [-0.39, 0.29) is 12.1 Å². The van der Waals surface area contributed by atoms with Gasteiger partial charge in [-0.2, -0.15) is 0 Å². The highest BCUT2D eigenvalue weighted by atomic mass is 16.5. The molecule has 2 heteroatoms. The lowest BCUT2D eigenvalue weighted by Gasteiger charge is -2.13. The summed E-state index contributed by atoms with van der Waals surface area (Å²) in [6.45, 7) is 7.09. The summed E-state index contributed by atoms with van der Waals surface area (Å²) in [4.78, 5) is 10.7. The maximum atomic E-state index is 10.7. The first-order valence-electron chi connectivity index (χ1n) is 5.15. The largest absolute Gasteiger partial charge is 0.463 e. The molecule has 0 saturated heterocycles. The first-order chi connectivity index (χ1) is 6.70. The standard InChI is InChI=1S/C12H20O2/c1-4-6-7-8-9-10-12(5-2)14-11(3)13/h4,6-7,12H,1,5,8-10H2,2-3H3/b7-6-. The zero-order chi connectivity index (χ0) is 10.8. The van der Waals surface area contributed by atoms with Gasteiger partial charge < -0.3 is 4.74 Å². The van der Waals surface area contributed by atoms with Crippen molar-refractivity contribution in [1.82, 2.24) is 0 Å². The second-order valence-corrected chi connectivity index (χ2v) is 3.23. The Morgan fingerprint density at radius 1 is 1.57 bits per heavy atom. The van der Waals surface area contributed by atoms with Crippen LogP contribution >= 0.6 is 0 Å². The van der Waals surface area contributed by atoms with Crippen LogP contribution in [0.25, 0.3) is 0 Å². The molecular formula is C12H20O2. The molecule has 1 atom stereocenters. The van der Waals surface area contributed by atoms with E-state index < -0.39 is 0 Å². The smallest absolute Gasteiger partial charge is 0.302 e. The third kappa shape index (κ3) is 7.59. The van der Waals surface area contributed by atoms with E-state index in [4.69, 9.17) is 4.74 Å². The van der Waals surface area contributed by atoms with E-state index in [1.807, 2.05) is 13.0 Å². The molecule has 80 valence electrons. The summed E-state index contributed by atoms with van der Waals surface area (Å²) >= 11 is 0. The molecule has 1 unspecified atom stereocenters. The van der Waals surface area contributed by atoms with Crippen molar-refractivity contribution in [2.45, 2.75) is 45.6 Å². The maximum Gasteiger partial charge on any atom is 0.302 e. The monoisotopic (exact) mass is 196 g/mol. The van der Waals surface area contributed by atoms with E-state index in [1.54, 1.807) is 6.08 Å². The van der Waals surface area contributed by atoms with Crippen molar-refractivity contribution in [1.29, 1.82) is 0 Å². The van der Waals surface area contributed by atoms with Crippen molar-refractivity contribution in [3.8, 4) is 0 Å². The quantitative estimate of drug-likeness (QED) is 0.355. The molecule has 0 saturated carbocycles. The van der Waals surface area contributed by atoms with E-state index in [9.17, 15) is 4.79 Å². The Hall–Kier alpha value is -1.05. The minimum Gasteiger partial charge on any atom is -0.463 e. The number of rotatable bonds is 7. The molecule has 0 bridgehead atoms. The zero-order valence-electron chi connectivity index (χ0n) is 9.16. The molecule has 0 aromatic carbocycles. The van der Waals surface area contributed by atoms with Crippen LogP contribution in [0.2, 0.25) is 0 Å². The molecule has 0 aromatic heterocycles. The van der Waals surface area contributed by atoms with Crippen LogP contribution in [0.1, 0.15) is 39.5 Å². The number of allylic oxidation sites excluding steroid dienone is 3. The van der Waals surface area contributed by atoms with Crippen LogP contribution in [0.5, 0.6) is 0 Å². The van der Waals surface area contributed by atoms with E-state index in [0.717, 1.165) is 25.7 Å². The Bertz CT molecular complexity index is 194. The molecule has 0 N–H and O–H groups in total. The Morgan fingerprint density at radius 2 is 2.29 bits per heavy atom. The molecule has 0 aliphatic rings. The second-order valence-electron chi connectivity index (χ2n) is 3.23. The van der Waals surface area contributed by atoms with Gasteiger partial charge in [-0.1, -0.05) is 31.7 Å². The summed E-state index contributed by atoms with van der Waals surface area (Å²) in [5.74, 6) is -0.182. The van der Waals surface area contributed by atoms with Crippen molar-refractivity contribution in [3.05, 3.63) is 24.8 Å². The molecule has 2 nitrogen and oxygen atoms in total. The van der Waals surface area contributed by atoms with Gasteiger partial charge in [-0.25, -0.2) is 0 Å². The number of ether oxygens (including phenoxy) is 1. The third-order valence-corrected chi connectivity index (χ3v) is 1.96. The lowest BCUT2D eigenvalue weighted by atomic mass is 10.1. The summed E-state index contributed by atoms with van der Waals surface area (Å²) in [7, 11) is 0. The number of unbranched alkanes of at least 4 members (excludes halogenated alkanes) is 1. The van der Waals surface area contributed by atoms with Crippen LogP contribution in [-0.2, 0) is 9.53 Å². The zero-order valence-corrected chi connectivity index (χ0v) is 9.16. The first-order valence-corrected chi connectivity index (χ1v) is 5.15. The van der Waals surface area contributed by atoms with Gasteiger partial charge in [-0.15, -0.1) is 0 Å². The maximum absolute atomic E-state index is 10.7. The molecule has 14 heavy (non-hydrogen) atoms. The Balaban J connectivity index is 3.56. The van der Waals surface area contributed by atoms with E-state index in [1.165, 1.54) is 6.92 Å². The van der Waals surface area contributed by atoms with Gasteiger partial charge in [0.25, 0.3) is 0 Å². The lowest BCUT2D eigenvalue weighted by molar-refractivity contribution is -0.146. The average molecular weight is 196 g/mol. The highest BCUT2D eigenvalue weighted by Gasteiger charge is 2.07. The molecule has 0 radical (unpaired) electrons. The van der Waals surface area contributed by atoms with Gasteiger partial charge in [-0.05, 0) is 25.7 Å². The van der Waals surface area contributed by atoms with Gasteiger partial charge in [0.2, 0.25) is 0 Å². The van der Waals surface area contributed by atoms with Crippen molar-refractivity contribution in [2.24, 2.45) is 0 Å². The highest BCUT2D eigenvalue weighted by Crippen LogP contribution is 2.09. The molecule has 0 aromatic rings. The number of esters is 1. The minimum atomic E-state index is -0.182. The minimum absolute atomic E-state index is 0.0876. The molecular weight excluding hydrogens is 176 g/mol. The second kappa shape index (κ2) is 8.54. The van der Waals surface area contributed by atoms with Crippen LogP contribution in [0, 0.1) is 0 Å². The summed E-state index contributed by atoms with van der Waals surface area (Å²) in [5.41, 5.74) is 0. The number of hydrogen-bond acceptors (Lipinski definition) is 2. The fraction of sp³-hybridized carbons (Fsp3) is 0.583. The molecule has 0 spiro atoms. The van der Waals surface area contributed by atoms with Crippen LogP contribution in [0.15, 0.2) is 24.8 Å². The molecule has 0 heterocycles. The van der Waals surface area contributed by atoms with E-state index in [0.29, 0.717) is 0 Å². The third-order valence-electron chi connectivity index (χ3n) is 1.96. The van der Waals surface area contributed by atoms with Crippen LogP contribution in [0.3, 0.4) is 0 Å². The predicted molar refractivity (Wildman–Crippen MR) is 59.0 cm³/mol. The summed E-state index contributed by atoms with van der Waals surface area (Å²) in [6, 6.07) is 0. The number of hydrogen-bond donors (Lipinski definition) is 0. The van der Waals surface area contributed by atoms with Crippen LogP contribution in [-0.4, -0.2) is 12.1 Å². The van der Waals surface area contributed by atoms with Crippen LogP contribution in [0.4, 0.5) is 0 Å². The molecule has 0 rings (SSSR count). The highest BCUT2D eigenvalue weighted by molar-refractivity contribution is 5.66. The summed E-state index contributed by atoms with van der Waals surface area (Å²) in [5, 5.41) is 0. The van der Waals surface area contributed by atoms with Crippen molar-refractivity contribution >= 4 is 5.97 Å². The van der Waals surface area contributed by atoms with Gasteiger partial charge >= 0.3 is 5.97 Å². The van der Waals surface area contributed by atoms with Gasteiger partial charge in [0, 0.05) is 6.92 Å². The molecule has 0 fully saturated rings. The molecule has 0 aliphatic carbocycles. The molecule has 0 amide bonds. The fourth-order valence-electron chi connectivity index (χ4n) is 1.24. The van der Waals surface area contributed by atoms with Crippen molar-refractivity contribution in [2.75, 3.05) is 0 Å². The summed E-state index contributed by atoms with van der Waals surface area (Å²) < 4.78 is 5.12. The predicted octanol–water partition coefficient (Wildman–Crippen LogP) is 3.24. The van der Waals surface area contributed by atoms with Gasteiger partial charge in [0.1, 0.15) is 6.10 Å². The normalized spacial score (nSPS) is 12.7. The fourth-order valence-corrected chi connectivity index (χ4v) is 1.24. The number of carbonyl (C=O) groups is 1. The Labute approximate surface area is 86.6 Å². The van der Waals surface area contributed by atoms with Gasteiger partial charge in [-0.3, -0.25) is 4.79 Å². The number of carbonyl (C=O) groups excluding carboxylic acids is 1. The summed E-state index contributed by atoms with van der Waals surface area (Å²) in [6.07, 6.45) is 9.77. The lowest BCUT2D eigenvalue weighted by Crippen LogP contribution is -2.14. The molecule has 0 aliphatic heterocycles. The van der Waals surface area contributed by atoms with E-state index >= 15 is 0 Å². The van der Waals surface area contributed by atoms with Gasteiger partial charge in [0.15, 0.2) is 0 Å².